The molecule has 0 aliphatic heterocycles. The van der Waals surface area contributed by atoms with Crippen molar-refractivity contribution in [3.63, 3.8) is 0 Å². The zero-order chi connectivity index (χ0) is 18.8. The Morgan fingerprint density at radius 1 is 0.692 bits per heavy atom. The molecular weight excluding hydrogens is 368 g/mol. The monoisotopic (exact) mass is 390 g/mol. The topological polar surface area (TPSA) is 82.3 Å². The molecule has 0 heterocycles. The highest BCUT2D eigenvalue weighted by Crippen LogP contribution is 2.37. The third-order valence-corrected chi connectivity index (χ3v) is 5.55. The summed E-state index contributed by atoms with van der Waals surface area (Å²) in [5.41, 5.74) is 1.51. The zero-order valence-corrected chi connectivity index (χ0v) is 16.3. The van der Waals surface area contributed by atoms with Gasteiger partial charge in [0.15, 0.2) is 0 Å². The summed E-state index contributed by atoms with van der Waals surface area (Å²) in [4.78, 5) is 25.1. The predicted molar refractivity (Wildman–Crippen MR) is 110 cm³/mol. The second kappa shape index (κ2) is 10.6. The van der Waals surface area contributed by atoms with Crippen LogP contribution in [0.15, 0.2) is 58.3 Å². The van der Waals surface area contributed by atoms with Crippen LogP contribution in [-0.2, 0) is 0 Å². The van der Waals surface area contributed by atoms with Crippen LogP contribution >= 0.6 is 21.6 Å². The van der Waals surface area contributed by atoms with Gasteiger partial charge in [-0.15, -0.1) is 0 Å². The van der Waals surface area contributed by atoms with Crippen molar-refractivity contribution in [2.45, 2.75) is 23.6 Å². The van der Waals surface area contributed by atoms with Crippen LogP contribution in [0.3, 0.4) is 0 Å². The van der Waals surface area contributed by atoms with E-state index in [0.717, 1.165) is 21.2 Å². The molecule has 0 unspecified atom stereocenters. The number of carbonyl (C=O) groups excluding carboxylic acids is 2. The van der Waals surface area contributed by atoms with Crippen LogP contribution in [0.1, 0.15) is 13.8 Å². The summed E-state index contributed by atoms with van der Waals surface area (Å²) in [7, 11) is 3.26. The third-order valence-electron chi connectivity index (χ3n) is 3.13. The Labute approximate surface area is 161 Å². The number of rotatable bonds is 7. The van der Waals surface area contributed by atoms with Gasteiger partial charge in [0.1, 0.15) is 0 Å². The van der Waals surface area contributed by atoms with Gasteiger partial charge in [0.25, 0.3) is 0 Å². The lowest BCUT2D eigenvalue weighted by Crippen LogP contribution is -2.28. The molecule has 4 amide bonds. The minimum Gasteiger partial charge on any atom is -0.338 e. The summed E-state index contributed by atoms with van der Waals surface area (Å²) in [5, 5.41) is 10.9. The molecule has 0 fully saturated rings. The summed E-state index contributed by atoms with van der Waals surface area (Å²) in [6.45, 7) is 4.93. The number of urea groups is 2. The smallest absolute Gasteiger partial charge is 0.319 e. The third kappa shape index (κ3) is 6.89. The lowest BCUT2D eigenvalue weighted by molar-refractivity contribution is 0.251. The van der Waals surface area contributed by atoms with Gasteiger partial charge in [-0.1, -0.05) is 21.6 Å². The average molecular weight is 391 g/mol. The number of amides is 4. The molecule has 26 heavy (non-hydrogen) atoms. The molecular formula is C18H22N4O2S2. The molecule has 6 nitrogen and oxygen atoms in total. The van der Waals surface area contributed by atoms with Crippen LogP contribution < -0.4 is 21.3 Å². The van der Waals surface area contributed by atoms with E-state index in [1.54, 1.807) is 21.6 Å². The van der Waals surface area contributed by atoms with Crippen molar-refractivity contribution in [3.8, 4) is 0 Å². The summed E-state index contributed by atoms with van der Waals surface area (Å²) in [5.74, 6) is 0. The van der Waals surface area contributed by atoms with Crippen LogP contribution in [0, 0.1) is 0 Å². The Hall–Kier alpha value is -2.32. The number of benzene rings is 2. The van der Waals surface area contributed by atoms with E-state index in [2.05, 4.69) is 21.3 Å². The van der Waals surface area contributed by atoms with Crippen molar-refractivity contribution in [2.75, 3.05) is 23.7 Å². The largest absolute Gasteiger partial charge is 0.338 e. The quantitative estimate of drug-likeness (QED) is 0.513. The van der Waals surface area contributed by atoms with Gasteiger partial charge in [0.2, 0.25) is 0 Å². The molecule has 2 aromatic rings. The van der Waals surface area contributed by atoms with Gasteiger partial charge >= 0.3 is 12.1 Å². The van der Waals surface area contributed by atoms with E-state index in [9.17, 15) is 9.59 Å². The Morgan fingerprint density at radius 2 is 1.04 bits per heavy atom. The van der Waals surface area contributed by atoms with Crippen molar-refractivity contribution in [3.05, 3.63) is 48.5 Å². The molecule has 0 radical (unpaired) electrons. The van der Waals surface area contributed by atoms with E-state index in [1.165, 1.54) is 0 Å². The molecule has 0 aromatic heterocycles. The van der Waals surface area contributed by atoms with Gasteiger partial charge in [-0.25, -0.2) is 9.59 Å². The molecule has 2 aromatic carbocycles. The van der Waals surface area contributed by atoms with E-state index >= 15 is 0 Å². The normalized spacial score (nSPS) is 10.1. The lowest BCUT2D eigenvalue weighted by atomic mass is 10.3. The minimum atomic E-state index is -0.205. The van der Waals surface area contributed by atoms with E-state index < -0.39 is 0 Å². The second-order valence-corrected chi connectivity index (χ2v) is 7.46. The highest BCUT2D eigenvalue weighted by Gasteiger charge is 2.03. The van der Waals surface area contributed by atoms with Crippen LogP contribution in [0.4, 0.5) is 21.0 Å². The Bertz CT molecular complexity index is 657. The first-order valence-electron chi connectivity index (χ1n) is 8.25. The predicted octanol–water partition coefficient (Wildman–Crippen LogP) is 4.77. The molecule has 2 rings (SSSR count). The molecule has 0 atom stereocenters. The molecule has 0 aliphatic rings. The van der Waals surface area contributed by atoms with Gasteiger partial charge in [-0.05, 0) is 62.4 Å². The lowest BCUT2D eigenvalue weighted by Gasteiger charge is -2.08. The molecule has 0 spiro atoms. The van der Waals surface area contributed by atoms with Crippen LogP contribution in [0.25, 0.3) is 0 Å². The average Bonchev–Trinajstić information content (AvgIpc) is 2.63. The number of nitrogens with one attached hydrogen (secondary N) is 4. The van der Waals surface area contributed by atoms with Crippen molar-refractivity contribution >= 4 is 45.0 Å². The van der Waals surface area contributed by atoms with E-state index in [-0.39, 0.29) is 12.1 Å². The first-order valence-corrected chi connectivity index (χ1v) is 10.4. The molecule has 8 heteroatoms. The van der Waals surface area contributed by atoms with Crippen molar-refractivity contribution in [2.24, 2.45) is 0 Å². The Kier molecular flexibility index (Phi) is 8.17. The van der Waals surface area contributed by atoms with Crippen LogP contribution in [-0.4, -0.2) is 25.2 Å². The van der Waals surface area contributed by atoms with Gasteiger partial charge < -0.3 is 21.3 Å². The molecule has 138 valence electrons. The fraction of sp³-hybridized carbons (Fsp3) is 0.222. The fourth-order valence-electron chi connectivity index (χ4n) is 1.96. The van der Waals surface area contributed by atoms with Gasteiger partial charge in [-0.3, -0.25) is 0 Å². The number of carbonyl (C=O) groups is 2. The van der Waals surface area contributed by atoms with E-state index in [4.69, 9.17) is 0 Å². The number of hydrogen-bond donors (Lipinski definition) is 4. The van der Waals surface area contributed by atoms with Crippen molar-refractivity contribution in [1.29, 1.82) is 0 Å². The van der Waals surface area contributed by atoms with E-state index in [1.807, 2.05) is 62.4 Å². The molecule has 4 N–H and O–H groups in total. The zero-order valence-electron chi connectivity index (χ0n) is 14.7. The Morgan fingerprint density at radius 3 is 1.35 bits per heavy atom. The SMILES string of the molecule is CCNC(=O)Nc1ccc(SSc2ccc(NC(=O)NCC)cc2)cc1. The van der Waals surface area contributed by atoms with Crippen molar-refractivity contribution < 1.29 is 9.59 Å². The summed E-state index contributed by atoms with van der Waals surface area (Å²) in [6.07, 6.45) is 0. The summed E-state index contributed by atoms with van der Waals surface area (Å²) in [6, 6.07) is 14.9. The maximum Gasteiger partial charge on any atom is 0.319 e. The summed E-state index contributed by atoms with van der Waals surface area (Å²) < 4.78 is 0. The second-order valence-electron chi connectivity index (χ2n) is 5.18. The fourth-order valence-corrected chi connectivity index (χ4v) is 3.89. The first kappa shape index (κ1) is 20.0. The van der Waals surface area contributed by atoms with Crippen LogP contribution in [0.5, 0.6) is 0 Å². The summed E-state index contributed by atoms with van der Waals surface area (Å²) >= 11 is 0. The number of anilines is 2. The molecule has 0 saturated heterocycles. The standard InChI is InChI=1S/C18H22N4O2S2/c1-3-19-17(23)21-13-5-9-15(10-6-13)25-26-16-11-7-14(8-12-16)22-18(24)20-4-2/h5-12H,3-4H2,1-2H3,(H2,19,21,23)(H2,20,22,24). The maximum atomic E-state index is 11.5. The number of hydrogen-bond acceptors (Lipinski definition) is 4. The molecule has 0 aliphatic carbocycles. The van der Waals surface area contributed by atoms with Gasteiger partial charge in [0.05, 0.1) is 0 Å². The molecule has 0 saturated carbocycles. The first-order chi connectivity index (χ1) is 12.6. The van der Waals surface area contributed by atoms with Crippen LogP contribution in [0.2, 0.25) is 0 Å². The Balaban J connectivity index is 1.82. The maximum absolute atomic E-state index is 11.5. The van der Waals surface area contributed by atoms with Gasteiger partial charge in [0, 0.05) is 34.3 Å². The highest BCUT2D eigenvalue weighted by atomic mass is 33.1. The minimum absolute atomic E-state index is 0.205. The molecule has 0 bridgehead atoms. The van der Waals surface area contributed by atoms with E-state index in [0.29, 0.717) is 13.1 Å². The van der Waals surface area contributed by atoms with Gasteiger partial charge in [-0.2, -0.15) is 0 Å². The highest BCUT2D eigenvalue weighted by molar-refractivity contribution is 8.76. The van der Waals surface area contributed by atoms with Crippen molar-refractivity contribution in [1.82, 2.24) is 10.6 Å².